The van der Waals surface area contributed by atoms with Gasteiger partial charge in [-0.2, -0.15) is 5.10 Å². The molecular formula is C13H13Br2N3O. The van der Waals surface area contributed by atoms with E-state index >= 15 is 0 Å². The number of benzene rings is 1. The standard InChI is InChI=1S/C13H13Br2N3O/c1-7-12(8(2)18(3)17-7)13(19)16-11-5-4-9(14)6-10(11)15/h4-6H,1-3H3,(H,16,19). The van der Waals surface area contributed by atoms with Crippen molar-refractivity contribution in [2.45, 2.75) is 13.8 Å². The number of hydrogen-bond donors (Lipinski definition) is 1. The molecule has 0 spiro atoms. The number of rotatable bonds is 2. The molecule has 1 heterocycles. The van der Waals surface area contributed by atoms with Gasteiger partial charge in [-0.15, -0.1) is 0 Å². The number of nitrogens with one attached hydrogen (secondary N) is 1. The number of anilines is 1. The number of aryl methyl sites for hydroxylation is 2. The van der Waals surface area contributed by atoms with Crippen LogP contribution in [-0.2, 0) is 7.05 Å². The second kappa shape index (κ2) is 5.46. The zero-order valence-corrected chi connectivity index (χ0v) is 14.0. The number of nitrogens with zero attached hydrogens (tertiary/aromatic N) is 2. The molecule has 0 fully saturated rings. The fraction of sp³-hybridized carbons (Fsp3) is 0.231. The van der Waals surface area contributed by atoms with Crippen molar-refractivity contribution in [1.82, 2.24) is 9.78 Å². The number of halogens is 2. The summed E-state index contributed by atoms with van der Waals surface area (Å²) in [4.78, 5) is 12.3. The molecule has 6 heteroatoms. The van der Waals surface area contributed by atoms with E-state index in [0.29, 0.717) is 5.56 Å². The van der Waals surface area contributed by atoms with Crippen LogP contribution in [-0.4, -0.2) is 15.7 Å². The summed E-state index contributed by atoms with van der Waals surface area (Å²) in [6.07, 6.45) is 0. The predicted octanol–water partition coefficient (Wildman–Crippen LogP) is 3.81. The lowest BCUT2D eigenvalue weighted by atomic mass is 10.2. The van der Waals surface area contributed by atoms with E-state index in [0.717, 1.165) is 26.0 Å². The van der Waals surface area contributed by atoms with Gasteiger partial charge in [0.2, 0.25) is 0 Å². The lowest BCUT2D eigenvalue weighted by Crippen LogP contribution is -2.14. The molecule has 2 aromatic rings. The van der Waals surface area contributed by atoms with Gasteiger partial charge in [0.25, 0.3) is 5.91 Å². The lowest BCUT2D eigenvalue weighted by molar-refractivity contribution is 0.102. The van der Waals surface area contributed by atoms with Crippen molar-refractivity contribution in [3.63, 3.8) is 0 Å². The molecule has 0 radical (unpaired) electrons. The first-order valence-electron chi connectivity index (χ1n) is 5.66. The first kappa shape index (κ1) is 14.3. The van der Waals surface area contributed by atoms with Crippen LogP contribution in [0.4, 0.5) is 5.69 Å². The molecule has 0 atom stereocenters. The Bertz CT molecular complexity index is 650. The van der Waals surface area contributed by atoms with Crippen LogP contribution in [0.25, 0.3) is 0 Å². The van der Waals surface area contributed by atoms with Crippen LogP contribution in [0.15, 0.2) is 27.1 Å². The minimum atomic E-state index is -0.147. The Morgan fingerprint density at radius 3 is 2.53 bits per heavy atom. The van der Waals surface area contributed by atoms with E-state index in [1.165, 1.54) is 0 Å². The third kappa shape index (κ3) is 2.90. The molecule has 0 bridgehead atoms. The molecule has 0 unspecified atom stereocenters. The summed E-state index contributed by atoms with van der Waals surface area (Å²) in [6, 6.07) is 5.61. The Morgan fingerprint density at radius 2 is 2.00 bits per heavy atom. The number of aromatic nitrogens is 2. The molecule has 100 valence electrons. The summed E-state index contributed by atoms with van der Waals surface area (Å²) < 4.78 is 3.49. The number of carbonyl (C=O) groups excluding carboxylic acids is 1. The summed E-state index contributed by atoms with van der Waals surface area (Å²) in [6.45, 7) is 3.71. The second-order valence-electron chi connectivity index (χ2n) is 4.25. The van der Waals surface area contributed by atoms with Crippen molar-refractivity contribution < 1.29 is 4.79 Å². The van der Waals surface area contributed by atoms with Crippen LogP contribution in [0, 0.1) is 13.8 Å². The van der Waals surface area contributed by atoms with Gasteiger partial charge in [-0.3, -0.25) is 9.48 Å². The van der Waals surface area contributed by atoms with Gasteiger partial charge in [-0.05, 0) is 48.0 Å². The minimum absolute atomic E-state index is 0.147. The molecule has 0 saturated carbocycles. The normalized spacial score (nSPS) is 10.6. The average Bonchev–Trinajstić information content (AvgIpc) is 2.57. The zero-order chi connectivity index (χ0) is 14.2. The molecule has 0 aliphatic carbocycles. The van der Waals surface area contributed by atoms with E-state index in [1.807, 2.05) is 39.1 Å². The third-order valence-electron chi connectivity index (χ3n) is 2.92. The number of amides is 1. The Kier molecular flexibility index (Phi) is 4.10. The summed E-state index contributed by atoms with van der Waals surface area (Å²) in [5, 5.41) is 7.14. The molecule has 4 nitrogen and oxygen atoms in total. The van der Waals surface area contributed by atoms with Crippen molar-refractivity contribution in [3.8, 4) is 0 Å². The van der Waals surface area contributed by atoms with Crippen molar-refractivity contribution in [3.05, 3.63) is 44.1 Å². The highest BCUT2D eigenvalue weighted by Crippen LogP contribution is 2.27. The van der Waals surface area contributed by atoms with Gasteiger partial charge >= 0.3 is 0 Å². The molecule has 1 aromatic carbocycles. The van der Waals surface area contributed by atoms with E-state index < -0.39 is 0 Å². The summed E-state index contributed by atoms with van der Waals surface area (Å²) in [7, 11) is 1.83. The van der Waals surface area contributed by atoms with E-state index in [4.69, 9.17) is 0 Å². The number of hydrogen-bond acceptors (Lipinski definition) is 2. The van der Waals surface area contributed by atoms with Gasteiger partial charge in [0.05, 0.1) is 16.9 Å². The molecule has 0 aliphatic rings. The largest absolute Gasteiger partial charge is 0.321 e. The fourth-order valence-electron chi connectivity index (χ4n) is 1.88. The second-order valence-corrected chi connectivity index (χ2v) is 6.02. The summed E-state index contributed by atoms with van der Waals surface area (Å²) in [5.74, 6) is -0.147. The van der Waals surface area contributed by atoms with Gasteiger partial charge in [0.1, 0.15) is 0 Å². The first-order chi connectivity index (χ1) is 8.90. The van der Waals surface area contributed by atoms with Crippen LogP contribution in [0.3, 0.4) is 0 Å². The molecule has 1 amide bonds. The highest BCUT2D eigenvalue weighted by Gasteiger charge is 2.18. The molecule has 19 heavy (non-hydrogen) atoms. The maximum atomic E-state index is 12.3. The van der Waals surface area contributed by atoms with Gasteiger partial charge in [0, 0.05) is 21.7 Å². The van der Waals surface area contributed by atoms with E-state index in [1.54, 1.807) is 4.68 Å². The van der Waals surface area contributed by atoms with E-state index in [-0.39, 0.29) is 5.91 Å². The first-order valence-corrected chi connectivity index (χ1v) is 7.25. The van der Waals surface area contributed by atoms with Crippen LogP contribution >= 0.6 is 31.9 Å². The monoisotopic (exact) mass is 385 g/mol. The summed E-state index contributed by atoms with van der Waals surface area (Å²) >= 11 is 6.80. The Morgan fingerprint density at radius 1 is 1.32 bits per heavy atom. The SMILES string of the molecule is Cc1nn(C)c(C)c1C(=O)Nc1ccc(Br)cc1Br. The molecule has 2 rings (SSSR count). The quantitative estimate of drug-likeness (QED) is 0.852. The Labute approximate surface area is 128 Å². The van der Waals surface area contributed by atoms with E-state index in [9.17, 15) is 4.79 Å². The van der Waals surface area contributed by atoms with Crippen LogP contribution in [0.2, 0.25) is 0 Å². The summed E-state index contributed by atoms with van der Waals surface area (Å²) in [5.41, 5.74) is 2.93. The van der Waals surface area contributed by atoms with E-state index in [2.05, 4.69) is 42.3 Å². The molecule has 1 aromatic heterocycles. The maximum Gasteiger partial charge on any atom is 0.259 e. The topological polar surface area (TPSA) is 46.9 Å². The van der Waals surface area contributed by atoms with Crippen molar-refractivity contribution in [2.24, 2.45) is 7.05 Å². The fourth-order valence-corrected chi connectivity index (χ4v) is 3.02. The average molecular weight is 387 g/mol. The predicted molar refractivity (Wildman–Crippen MR) is 82.5 cm³/mol. The smallest absolute Gasteiger partial charge is 0.259 e. The van der Waals surface area contributed by atoms with Crippen LogP contribution < -0.4 is 5.32 Å². The van der Waals surface area contributed by atoms with Crippen molar-refractivity contribution in [1.29, 1.82) is 0 Å². The van der Waals surface area contributed by atoms with Crippen LogP contribution in [0.5, 0.6) is 0 Å². The van der Waals surface area contributed by atoms with Crippen LogP contribution in [0.1, 0.15) is 21.7 Å². The molecular weight excluding hydrogens is 374 g/mol. The van der Waals surface area contributed by atoms with Crippen molar-refractivity contribution in [2.75, 3.05) is 5.32 Å². The lowest BCUT2D eigenvalue weighted by Gasteiger charge is -2.08. The molecule has 0 aliphatic heterocycles. The van der Waals surface area contributed by atoms with Gasteiger partial charge < -0.3 is 5.32 Å². The van der Waals surface area contributed by atoms with Crippen molar-refractivity contribution >= 4 is 43.5 Å². The minimum Gasteiger partial charge on any atom is -0.321 e. The highest BCUT2D eigenvalue weighted by molar-refractivity contribution is 9.11. The molecule has 0 saturated heterocycles. The maximum absolute atomic E-state index is 12.3. The molecule has 1 N–H and O–H groups in total. The number of carbonyl (C=O) groups is 1. The third-order valence-corrected chi connectivity index (χ3v) is 4.06. The Balaban J connectivity index is 2.31. The zero-order valence-electron chi connectivity index (χ0n) is 10.8. The van der Waals surface area contributed by atoms with Gasteiger partial charge in [-0.1, -0.05) is 15.9 Å². The Hall–Kier alpha value is -1.14. The van der Waals surface area contributed by atoms with Gasteiger partial charge in [-0.25, -0.2) is 0 Å². The highest BCUT2D eigenvalue weighted by atomic mass is 79.9. The van der Waals surface area contributed by atoms with Gasteiger partial charge in [0.15, 0.2) is 0 Å².